The van der Waals surface area contributed by atoms with Crippen LogP contribution in [-0.4, -0.2) is 36.1 Å². The van der Waals surface area contributed by atoms with Gasteiger partial charge in [0, 0.05) is 37.8 Å². The van der Waals surface area contributed by atoms with E-state index in [0.29, 0.717) is 0 Å². The molecule has 4 nitrogen and oxygen atoms in total. The first kappa shape index (κ1) is 9.54. The van der Waals surface area contributed by atoms with Gasteiger partial charge in [0.05, 0.1) is 0 Å². The molecule has 4 heteroatoms. The molecule has 0 aromatic carbocycles. The summed E-state index contributed by atoms with van der Waals surface area (Å²) in [5, 5.41) is 4.44. The SMILES string of the molecule is c1cnc2nc(N3CCNCC3)ccc2c1. The van der Waals surface area contributed by atoms with E-state index in [9.17, 15) is 0 Å². The quantitative estimate of drug-likeness (QED) is 0.770. The number of rotatable bonds is 1. The second-order valence-corrected chi connectivity index (χ2v) is 3.96. The van der Waals surface area contributed by atoms with Crippen molar-refractivity contribution in [2.45, 2.75) is 0 Å². The van der Waals surface area contributed by atoms with Crippen molar-refractivity contribution >= 4 is 16.9 Å². The van der Waals surface area contributed by atoms with Gasteiger partial charge in [-0.05, 0) is 24.3 Å². The average Bonchev–Trinajstić information content (AvgIpc) is 2.39. The summed E-state index contributed by atoms with van der Waals surface area (Å²) in [5.41, 5.74) is 0.832. The molecule has 82 valence electrons. The number of hydrogen-bond acceptors (Lipinski definition) is 4. The Kier molecular flexibility index (Phi) is 2.42. The molecule has 1 fully saturated rings. The highest BCUT2D eigenvalue weighted by atomic mass is 15.2. The van der Waals surface area contributed by atoms with E-state index < -0.39 is 0 Å². The third kappa shape index (κ3) is 1.72. The Hall–Kier alpha value is -1.68. The van der Waals surface area contributed by atoms with Crippen molar-refractivity contribution in [3.05, 3.63) is 30.5 Å². The first-order chi connectivity index (χ1) is 7.93. The van der Waals surface area contributed by atoms with Crippen molar-refractivity contribution in [2.75, 3.05) is 31.1 Å². The van der Waals surface area contributed by atoms with E-state index in [2.05, 4.69) is 32.3 Å². The van der Waals surface area contributed by atoms with E-state index in [1.54, 1.807) is 6.20 Å². The van der Waals surface area contributed by atoms with Crippen LogP contribution in [0.25, 0.3) is 11.0 Å². The third-order valence-electron chi connectivity index (χ3n) is 2.89. The summed E-state index contributed by atoms with van der Waals surface area (Å²) < 4.78 is 0. The first-order valence-corrected chi connectivity index (χ1v) is 5.61. The van der Waals surface area contributed by atoms with Crippen molar-refractivity contribution in [2.24, 2.45) is 0 Å². The van der Waals surface area contributed by atoms with Gasteiger partial charge in [-0.15, -0.1) is 0 Å². The number of piperazine rings is 1. The highest BCUT2D eigenvalue weighted by Gasteiger charge is 2.11. The van der Waals surface area contributed by atoms with Crippen LogP contribution in [0, 0.1) is 0 Å². The van der Waals surface area contributed by atoms with E-state index in [1.165, 1.54) is 0 Å². The Bertz CT molecular complexity index is 491. The summed E-state index contributed by atoms with van der Waals surface area (Å²) in [5.74, 6) is 1.03. The van der Waals surface area contributed by atoms with Crippen LogP contribution in [0.2, 0.25) is 0 Å². The number of anilines is 1. The largest absolute Gasteiger partial charge is 0.354 e. The lowest BCUT2D eigenvalue weighted by Gasteiger charge is -2.28. The lowest BCUT2D eigenvalue weighted by Crippen LogP contribution is -2.43. The zero-order chi connectivity index (χ0) is 10.8. The number of nitrogens with zero attached hydrogens (tertiary/aromatic N) is 3. The summed E-state index contributed by atoms with van der Waals surface area (Å²) >= 11 is 0. The summed E-state index contributed by atoms with van der Waals surface area (Å²) in [6.45, 7) is 4.10. The normalized spacial score (nSPS) is 16.6. The Morgan fingerprint density at radius 3 is 2.88 bits per heavy atom. The van der Waals surface area contributed by atoms with Crippen LogP contribution in [0.1, 0.15) is 0 Å². The van der Waals surface area contributed by atoms with Crippen LogP contribution in [0.3, 0.4) is 0 Å². The summed E-state index contributed by atoms with van der Waals surface area (Å²) in [6.07, 6.45) is 1.79. The topological polar surface area (TPSA) is 41.1 Å². The Balaban J connectivity index is 1.97. The van der Waals surface area contributed by atoms with Crippen molar-refractivity contribution in [3.8, 4) is 0 Å². The fraction of sp³-hybridized carbons (Fsp3) is 0.333. The first-order valence-electron chi connectivity index (χ1n) is 5.61. The third-order valence-corrected chi connectivity index (χ3v) is 2.89. The van der Waals surface area contributed by atoms with Crippen molar-refractivity contribution in [3.63, 3.8) is 0 Å². The van der Waals surface area contributed by atoms with Crippen LogP contribution in [0.4, 0.5) is 5.82 Å². The Morgan fingerprint density at radius 2 is 2.00 bits per heavy atom. The number of nitrogens with one attached hydrogen (secondary N) is 1. The van der Waals surface area contributed by atoms with Crippen molar-refractivity contribution in [1.82, 2.24) is 15.3 Å². The fourth-order valence-corrected chi connectivity index (χ4v) is 2.01. The molecule has 0 unspecified atom stereocenters. The van der Waals surface area contributed by atoms with Gasteiger partial charge in [0.15, 0.2) is 5.65 Å². The molecule has 2 aromatic rings. The molecule has 1 aliphatic heterocycles. The van der Waals surface area contributed by atoms with Crippen LogP contribution >= 0.6 is 0 Å². The number of hydrogen-bond donors (Lipinski definition) is 1. The minimum atomic E-state index is 0.832. The molecule has 0 aliphatic carbocycles. The van der Waals surface area contributed by atoms with Crippen molar-refractivity contribution in [1.29, 1.82) is 0 Å². The van der Waals surface area contributed by atoms with Crippen LogP contribution < -0.4 is 10.2 Å². The Labute approximate surface area is 94.3 Å². The molecule has 0 amide bonds. The van der Waals surface area contributed by atoms with Crippen LogP contribution in [0.5, 0.6) is 0 Å². The monoisotopic (exact) mass is 214 g/mol. The predicted octanol–water partition coefficient (Wildman–Crippen LogP) is 1.04. The minimum Gasteiger partial charge on any atom is -0.354 e. The zero-order valence-electron chi connectivity index (χ0n) is 9.06. The lowest BCUT2D eigenvalue weighted by molar-refractivity contribution is 0.585. The molecule has 0 bridgehead atoms. The fourth-order valence-electron chi connectivity index (χ4n) is 2.01. The lowest BCUT2D eigenvalue weighted by atomic mass is 10.2. The highest BCUT2D eigenvalue weighted by Crippen LogP contribution is 2.16. The van der Waals surface area contributed by atoms with Gasteiger partial charge in [-0.25, -0.2) is 9.97 Å². The number of fused-ring (bicyclic) bond motifs is 1. The van der Waals surface area contributed by atoms with Gasteiger partial charge < -0.3 is 10.2 Å². The molecule has 0 spiro atoms. The summed E-state index contributed by atoms with van der Waals surface area (Å²) in [6, 6.07) is 8.15. The maximum atomic E-state index is 4.59. The molecule has 3 rings (SSSR count). The standard InChI is InChI=1S/C12H14N4/c1-2-10-3-4-11(15-12(10)14-5-1)16-8-6-13-7-9-16/h1-5,13H,6-9H2. The summed E-state index contributed by atoms with van der Waals surface area (Å²) in [4.78, 5) is 11.2. The summed E-state index contributed by atoms with van der Waals surface area (Å²) in [7, 11) is 0. The van der Waals surface area contributed by atoms with E-state index >= 15 is 0 Å². The maximum absolute atomic E-state index is 4.59. The van der Waals surface area contributed by atoms with Gasteiger partial charge in [0.1, 0.15) is 5.82 Å². The molecule has 0 saturated carbocycles. The average molecular weight is 214 g/mol. The molecule has 3 heterocycles. The second kappa shape index (κ2) is 4.06. The molecule has 1 N–H and O–H groups in total. The van der Waals surface area contributed by atoms with Gasteiger partial charge in [0.2, 0.25) is 0 Å². The molecule has 2 aromatic heterocycles. The van der Waals surface area contributed by atoms with Gasteiger partial charge in [-0.1, -0.05) is 0 Å². The van der Waals surface area contributed by atoms with Crippen LogP contribution in [0.15, 0.2) is 30.5 Å². The highest BCUT2D eigenvalue weighted by molar-refractivity contribution is 5.76. The van der Waals surface area contributed by atoms with Gasteiger partial charge in [0.25, 0.3) is 0 Å². The number of pyridine rings is 2. The molecule has 16 heavy (non-hydrogen) atoms. The number of aromatic nitrogens is 2. The van der Waals surface area contributed by atoms with E-state index in [1.807, 2.05) is 12.1 Å². The van der Waals surface area contributed by atoms with Crippen molar-refractivity contribution < 1.29 is 0 Å². The van der Waals surface area contributed by atoms with Crippen LogP contribution in [-0.2, 0) is 0 Å². The minimum absolute atomic E-state index is 0.832. The van der Waals surface area contributed by atoms with Gasteiger partial charge in [-0.3, -0.25) is 0 Å². The Morgan fingerprint density at radius 1 is 1.12 bits per heavy atom. The second-order valence-electron chi connectivity index (χ2n) is 3.96. The molecular formula is C12H14N4. The van der Waals surface area contributed by atoms with E-state index in [-0.39, 0.29) is 0 Å². The van der Waals surface area contributed by atoms with Gasteiger partial charge >= 0.3 is 0 Å². The predicted molar refractivity (Wildman–Crippen MR) is 64.6 cm³/mol. The van der Waals surface area contributed by atoms with Gasteiger partial charge in [-0.2, -0.15) is 0 Å². The zero-order valence-corrected chi connectivity index (χ0v) is 9.06. The molecular weight excluding hydrogens is 200 g/mol. The molecule has 0 atom stereocenters. The molecule has 1 saturated heterocycles. The smallest absolute Gasteiger partial charge is 0.161 e. The van der Waals surface area contributed by atoms with E-state index in [4.69, 9.17) is 0 Å². The molecule has 1 aliphatic rings. The maximum Gasteiger partial charge on any atom is 0.161 e. The molecule has 0 radical (unpaired) electrons. The van der Waals surface area contributed by atoms with E-state index in [0.717, 1.165) is 43.0 Å².